The summed E-state index contributed by atoms with van der Waals surface area (Å²) in [6, 6.07) is 19.8. The highest BCUT2D eigenvalue weighted by Gasteiger charge is 2.29. The van der Waals surface area contributed by atoms with Crippen LogP contribution in [0.25, 0.3) is 0 Å². The Kier molecular flexibility index (Phi) is 14.2. The number of hydrogen-bond donors (Lipinski definition) is 1. The number of ether oxygens (including phenoxy) is 2. The fraction of sp³-hybridized carbons (Fsp3) is 0.476. The molecule has 2 aliphatic heterocycles. The van der Waals surface area contributed by atoms with E-state index in [9.17, 15) is 18.7 Å². The average Bonchev–Trinajstić information content (AvgIpc) is 3.72. The molecule has 0 aliphatic carbocycles. The van der Waals surface area contributed by atoms with Gasteiger partial charge in [0, 0.05) is 67.3 Å². The number of carbonyl (C=O) groups excluding carboxylic acids is 1. The molecule has 4 atom stereocenters. The van der Waals surface area contributed by atoms with Crippen molar-refractivity contribution in [2.45, 2.75) is 65.2 Å². The summed E-state index contributed by atoms with van der Waals surface area (Å²) in [7, 11) is 0. The Bertz CT molecular complexity index is 1800. The van der Waals surface area contributed by atoms with Crippen molar-refractivity contribution in [3.63, 3.8) is 0 Å². The quantitative estimate of drug-likeness (QED) is 0.112. The van der Waals surface area contributed by atoms with Crippen LogP contribution in [0.4, 0.5) is 25.8 Å². The fourth-order valence-electron chi connectivity index (χ4n) is 7.29. The van der Waals surface area contributed by atoms with Crippen molar-refractivity contribution >= 4 is 29.3 Å². The summed E-state index contributed by atoms with van der Waals surface area (Å²) in [5.41, 5.74) is 3.39. The van der Waals surface area contributed by atoms with Gasteiger partial charge in [-0.3, -0.25) is 19.4 Å². The smallest absolute Gasteiger partial charge is 0.237 e. The van der Waals surface area contributed by atoms with Crippen molar-refractivity contribution in [2.75, 3.05) is 60.6 Å². The van der Waals surface area contributed by atoms with Crippen molar-refractivity contribution in [3.8, 4) is 5.75 Å². The van der Waals surface area contributed by atoms with Crippen LogP contribution < -0.4 is 19.4 Å². The highest BCUT2D eigenvalue weighted by atomic mass is 19.1. The number of piperazine rings is 1. The molecule has 1 saturated heterocycles. The van der Waals surface area contributed by atoms with Gasteiger partial charge in [-0.2, -0.15) is 5.10 Å². The van der Waals surface area contributed by atoms with Crippen molar-refractivity contribution in [1.82, 2.24) is 14.8 Å². The highest BCUT2D eigenvalue weighted by molar-refractivity contribution is 6.10. The minimum atomic E-state index is -0.614. The van der Waals surface area contributed by atoms with Gasteiger partial charge < -0.3 is 24.4 Å². The Hall–Kier alpha value is -4.88. The zero-order valence-corrected chi connectivity index (χ0v) is 31.9. The molecule has 1 amide bonds. The number of aliphatic imine (C=N–C) groups is 1. The van der Waals surface area contributed by atoms with Crippen molar-refractivity contribution in [2.24, 2.45) is 22.7 Å². The maximum absolute atomic E-state index is 14.1. The Morgan fingerprint density at radius 3 is 2.24 bits per heavy atom. The lowest BCUT2D eigenvalue weighted by Crippen LogP contribution is -2.46. The Morgan fingerprint density at radius 2 is 1.60 bits per heavy atom. The third-order valence-corrected chi connectivity index (χ3v) is 10.8. The van der Waals surface area contributed by atoms with E-state index in [-0.39, 0.29) is 36.4 Å². The molecule has 6 rings (SSSR count). The Labute approximate surface area is 322 Å². The normalized spacial score (nSPS) is 17.7. The third-order valence-electron chi connectivity index (χ3n) is 10.8. The van der Waals surface area contributed by atoms with Gasteiger partial charge in [0.2, 0.25) is 5.91 Å². The van der Waals surface area contributed by atoms with Gasteiger partial charge in [0.1, 0.15) is 30.0 Å². The molecule has 11 nitrogen and oxygen atoms in total. The molecule has 4 unspecified atom stereocenters. The van der Waals surface area contributed by atoms with Crippen LogP contribution in [-0.2, 0) is 22.7 Å². The lowest BCUT2D eigenvalue weighted by Gasteiger charge is -2.37. The van der Waals surface area contributed by atoms with E-state index in [0.717, 1.165) is 93.7 Å². The zero-order chi connectivity index (χ0) is 38.6. The number of benzene rings is 3. The van der Waals surface area contributed by atoms with Crippen LogP contribution in [0.2, 0.25) is 0 Å². The Balaban J connectivity index is 0.963. The number of aromatic nitrogens is 3. The number of aliphatic hydroxyl groups excluding tert-OH is 1. The van der Waals surface area contributed by atoms with Gasteiger partial charge >= 0.3 is 0 Å². The minimum absolute atomic E-state index is 0.0549. The van der Waals surface area contributed by atoms with E-state index in [4.69, 9.17) is 9.47 Å². The predicted molar refractivity (Wildman–Crippen MR) is 211 cm³/mol. The van der Waals surface area contributed by atoms with Crippen LogP contribution in [0.3, 0.4) is 0 Å². The van der Waals surface area contributed by atoms with Gasteiger partial charge in [0.15, 0.2) is 0 Å². The first-order chi connectivity index (χ1) is 26.8. The molecule has 0 saturated carbocycles. The summed E-state index contributed by atoms with van der Waals surface area (Å²) in [6.07, 6.45) is 8.56. The molecule has 13 heteroatoms. The van der Waals surface area contributed by atoms with Crippen LogP contribution in [-0.4, -0.2) is 84.2 Å². The molecule has 294 valence electrons. The van der Waals surface area contributed by atoms with Crippen LogP contribution >= 0.6 is 0 Å². The molecule has 0 spiro atoms. The number of aryl methyl sites for hydroxylation is 1. The van der Waals surface area contributed by atoms with Gasteiger partial charge in [-0.1, -0.05) is 19.4 Å². The fourth-order valence-corrected chi connectivity index (χ4v) is 7.29. The first kappa shape index (κ1) is 39.8. The number of halogens is 2. The third kappa shape index (κ3) is 11.1. The average molecular weight is 758 g/mol. The van der Waals surface area contributed by atoms with E-state index in [2.05, 4.69) is 56.1 Å². The number of carbonyl (C=O) groups is 1. The largest absolute Gasteiger partial charge is 0.493 e. The lowest BCUT2D eigenvalue weighted by molar-refractivity contribution is -0.121. The maximum Gasteiger partial charge on any atom is 0.237 e. The molecule has 3 heterocycles. The molecule has 55 heavy (non-hydrogen) atoms. The van der Waals surface area contributed by atoms with E-state index in [1.165, 1.54) is 18.5 Å². The second-order valence-electron chi connectivity index (χ2n) is 14.6. The van der Waals surface area contributed by atoms with Gasteiger partial charge in [0.05, 0.1) is 44.7 Å². The summed E-state index contributed by atoms with van der Waals surface area (Å²) in [4.78, 5) is 28.2. The minimum Gasteiger partial charge on any atom is -0.493 e. The Morgan fingerprint density at radius 1 is 0.909 bits per heavy atom. The van der Waals surface area contributed by atoms with Gasteiger partial charge in [-0.05, 0) is 93.1 Å². The van der Waals surface area contributed by atoms with Crippen LogP contribution in [0.15, 0.2) is 84.4 Å². The van der Waals surface area contributed by atoms with Crippen molar-refractivity contribution in [3.05, 3.63) is 96.6 Å². The monoisotopic (exact) mass is 757 g/mol. The highest BCUT2D eigenvalue weighted by Crippen LogP contribution is 2.28. The molecular formula is C42H53F2N7O4. The summed E-state index contributed by atoms with van der Waals surface area (Å²) in [5.74, 6) is -0.310. The van der Waals surface area contributed by atoms with Gasteiger partial charge in [-0.25, -0.2) is 13.8 Å². The molecule has 1 N–H and O–H groups in total. The molecule has 0 radical (unpaired) electrons. The van der Waals surface area contributed by atoms with E-state index < -0.39 is 11.6 Å². The zero-order valence-electron chi connectivity index (χ0n) is 31.9. The standard InChI is InChI=1S/C42H53F2N7O4/c1-3-33(31(2)52)6-7-34-24-45-30-51(42(34)53)39-12-10-37(11-13-39)48-19-21-49(22-20-48)38-14-16-40(17-15-38)55-26-32(5-4-18-50-29-46-28-47-50)25-54-27-35-8-9-36(43)23-41(35)44/h8-17,23,28-34,52H,3-7,18-22,24-27H2,1-2H3. The molecular weight excluding hydrogens is 705 g/mol. The molecule has 3 aromatic carbocycles. The molecule has 2 aliphatic rings. The number of rotatable bonds is 19. The van der Waals surface area contributed by atoms with Gasteiger partial charge in [-0.15, -0.1) is 0 Å². The first-order valence-corrected chi connectivity index (χ1v) is 19.4. The van der Waals surface area contributed by atoms with E-state index in [1.807, 2.05) is 31.2 Å². The topological polar surface area (TPSA) is 109 Å². The van der Waals surface area contributed by atoms with Crippen LogP contribution in [0.1, 0.15) is 51.5 Å². The van der Waals surface area contributed by atoms with E-state index in [1.54, 1.807) is 22.2 Å². The number of aliphatic hydroxyl groups is 1. The van der Waals surface area contributed by atoms with Crippen molar-refractivity contribution in [1.29, 1.82) is 0 Å². The molecule has 1 fully saturated rings. The summed E-state index contributed by atoms with van der Waals surface area (Å²) in [5, 5.41) is 14.2. The van der Waals surface area contributed by atoms with Crippen molar-refractivity contribution < 1.29 is 28.2 Å². The molecule has 0 bridgehead atoms. The van der Waals surface area contributed by atoms with Crippen LogP contribution in [0.5, 0.6) is 5.75 Å². The summed E-state index contributed by atoms with van der Waals surface area (Å²) >= 11 is 0. The number of anilines is 3. The summed E-state index contributed by atoms with van der Waals surface area (Å²) < 4.78 is 41.3. The lowest BCUT2D eigenvalue weighted by atomic mass is 9.89. The van der Waals surface area contributed by atoms with E-state index >= 15 is 0 Å². The van der Waals surface area contributed by atoms with Crippen LogP contribution in [0, 0.1) is 29.4 Å². The SMILES string of the molecule is CCC(CCC1CN=CN(c2ccc(N3CCN(c4ccc(OCC(CCCn5cncn5)COCc5ccc(F)cc5F)cc4)CC3)cc2)C1=O)C(C)O. The second-order valence-corrected chi connectivity index (χ2v) is 14.6. The molecule has 1 aromatic heterocycles. The number of amides is 1. The maximum atomic E-state index is 14.1. The number of hydrogen-bond acceptors (Lipinski definition) is 9. The molecule has 4 aromatic rings. The van der Waals surface area contributed by atoms with E-state index in [0.29, 0.717) is 25.3 Å². The first-order valence-electron chi connectivity index (χ1n) is 19.4. The predicted octanol–water partition coefficient (Wildman–Crippen LogP) is 6.75. The summed E-state index contributed by atoms with van der Waals surface area (Å²) in [6.45, 7) is 9.44. The second kappa shape index (κ2) is 19.6. The number of nitrogens with zero attached hydrogens (tertiary/aromatic N) is 7. The van der Waals surface area contributed by atoms with Gasteiger partial charge in [0.25, 0.3) is 0 Å².